The van der Waals surface area contributed by atoms with E-state index in [1.54, 1.807) is 0 Å². The number of fused-ring (bicyclic) bond motifs is 1. The second kappa shape index (κ2) is 5.83. The van der Waals surface area contributed by atoms with Crippen molar-refractivity contribution in [3.8, 4) is 0 Å². The van der Waals surface area contributed by atoms with E-state index >= 15 is 0 Å². The lowest BCUT2D eigenvalue weighted by Gasteiger charge is -2.11. The van der Waals surface area contributed by atoms with Gasteiger partial charge in [0.2, 0.25) is 5.91 Å². The maximum atomic E-state index is 12.1. The van der Waals surface area contributed by atoms with Crippen molar-refractivity contribution in [2.75, 3.05) is 6.54 Å². The number of pyridine rings is 1. The molecule has 0 aromatic carbocycles. The number of ether oxygens (including phenoxy) is 1. The highest BCUT2D eigenvalue weighted by Gasteiger charge is 2.29. The van der Waals surface area contributed by atoms with Gasteiger partial charge in [0.05, 0.1) is 18.3 Å². The molecule has 0 saturated carbocycles. The molecule has 6 heteroatoms. The average Bonchev–Trinajstić information content (AvgIpc) is 3.12. The van der Waals surface area contributed by atoms with Gasteiger partial charge in [0, 0.05) is 18.4 Å². The predicted molar refractivity (Wildman–Crippen MR) is 78.7 cm³/mol. The summed E-state index contributed by atoms with van der Waals surface area (Å²) >= 11 is 0. The highest BCUT2D eigenvalue weighted by molar-refractivity contribution is 5.81. The summed E-state index contributed by atoms with van der Waals surface area (Å²) in [6, 6.07) is 5.94. The number of imidazole rings is 1. The monoisotopic (exact) mass is 288 g/mol. The number of carbonyl (C=O) groups is 1. The van der Waals surface area contributed by atoms with Gasteiger partial charge in [-0.2, -0.15) is 0 Å². The minimum atomic E-state index is -0.377. The lowest BCUT2D eigenvalue weighted by atomic mass is 10.2. The van der Waals surface area contributed by atoms with Crippen LogP contribution in [0.15, 0.2) is 24.4 Å². The second-order valence-corrected chi connectivity index (χ2v) is 5.41. The fourth-order valence-corrected chi connectivity index (χ4v) is 2.65. The molecule has 1 aliphatic heterocycles. The van der Waals surface area contributed by atoms with Crippen molar-refractivity contribution in [2.24, 2.45) is 5.73 Å². The highest BCUT2D eigenvalue weighted by atomic mass is 16.5. The molecule has 3 rings (SSSR count). The maximum Gasteiger partial charge on any atom is 0.249 e. The van der Waals surface area contributed by atoms with E-state index in [1.807, 2.05) is 35.7 Å². The quantitative estimate of drug-likeness (QED) is 0.870. The molecule has 2 aromatic rings. The van der Waals surface area contributed by atoms with Crippen molar-refractivity contribution < 1.29 is 9.53 Å². The van der Waals surface area contributed by atoms with Crippen LogP contribution in [0, 0.1) is 6.92 Å². The molecule has 112 valence electrons. The lowest BCUT2D eigenvalue weighted by Crippen LogP contribution is -2.35. The normalized spacial score (nSPS) is 21.8. The summed E-state index contributed by atoms with van der Waals surface area (Å²) in [5, 5.41) is 2.89. The molecular weight excluding hydrogens is 268 g/mol. The van der Waals surface area contributed by atoms with Crippen molar-refractivity contribution in [1.82, 2.24) is 14.7 Å². The molecule has 1 saturated heterocycles. The van der Waals surface area contributed by atoms with Crippen molar-refractivity contribution in [3.63, 3.8) is 0 Å². The van der Waals surface area contributed by atoms with Crippen molar-refractivity contribution in [3.05, 3.63) is 35.8 Å². The summed E-state index contributed by atoms with van der Waals surface area (Å²) in [6.07, 6.45) is 3.17. The second-order valence-electron chi connectivity index (χ2n) is 5.41. The van der Waals surface area contributed by atoms with Crippen molar-refractivity contribution >= 4 is 11.6 Å². The van der Waals surface area contributed by atoms with Gasteiger partial charge in [0.1, 0.15) is 11.8 Å². The smallest absolute Gasteiger partial charge is 0.249 e. The third-order valence-electron chi connectivity index (χ3n) is 3.85. The predicted octanol–water partition coefficient (Wildman–Crippen LogP) is 0.765. The van der Waals surface area contributed by atoms with Gasteiger partial charge >= 0.3 is 0 Å². The van der Waals surface area contributed by atoms with Gasteiger partial charge in [-0.25, -0.2) is 4.98 Å². The van der Waals surface area contributed by atoms with Crippen molar-refractivity contribution in [2.45, 2.75) is 38.5 Å². The van der Waals surface area contributed by atoms with Crippen LogP contribution in [0.25, 0.3) is 5.65 Å². The molecule has 1 aliphatic rings. The van der Waals surface area contributed by atoms with Crippen LogP contribution in [0.2, 0.25) is 0 Å². The summed E-state index contributed by atoms with van der Waals surface area (Å²) in [6.45, 7) is 2.90. The van der Waals surface area contributed by atoms with E-state index in [9.17, 15) is 4.79 Å². The minimum Gasteiger partial charge on any atom is -0.364 e. The molecular formula is C15H20N4O2. The van der Waals surface area contributed by atoms with Crippen molar-refractivity contribution in [1.29, 1.82) is 0 Å². The molecule has 0 spiro atoms. The number of hydrogen-bond donors (Lipinski definition) is 2. The Morgan fingerprint density at radius 2 is 2.38 bits per heavy atom. The Morgan fingerprint density at radius 1 is 1.52 bits per heavy atom. The standard InChI is InChI=1S/C15H20N4O2/c1-10-3-2-4-14-18-11(9-19(10)14)8-17-15(20)13-6-5-12(7-16)21-13/h2-4,9,12-13H,5-8,16H2,1H3,(H,17,20)/t12-,13+/m1/s1. The van der Waals surface area contributed by atoms with Crippen LogP contribution in [0.3, 0.4) is 0 Å². The zero-order valence-corrected chi connectivity index (χ0v) is 12.1. The molecule has 2 atom stereocenters. The van der Waals surface area contributed by atoms with E-state index in [4.69, 9.17) is 10.5 Å². The number of nitrogens with zero attached hydrogens (tertiary/aromatic N) is 2. The first-order chi connectivity index (χ1) is 10.2. The SMILES string of the molecule is Cc1cccc2nc(CNC(=O)[C@@H]3CC[C@H](CN)O3)cn12. The fraction of sp³-hybridized carbons (Fsp3) is 0.467. The number of carbonyl (C=O) groups excluding carboxylic acids is 1. The van der Waals surface area contributed by atoms with Crippen LogP contribution in [0.5, 0.6) is 0 Å². The largest absolute Gasteiger partial charge is 0.364 e. The van der Waals surface area contributed by atoms with Gasteiger partial charge in [-0.1, -0.05) is 6.07 Å². The molecule has 0 radical (unpaired) electrons. The highest BCUT2D eigenvalue weighted by Crippen LogP contribution is 2.19. The zero-order chi connectivity index (χ0) is 14.8. The molecule has 3 heterocycles. The van der Waals surface area contributed by atoms with E-state index in [2.05, 4.69) is 10.3 Å². The van der Waals surface area contributed by atoms with Gasteiger partial charge in [-0.3, -0.25) is 4.79 Å². The Kier molecular flexibility index (Phi) is 3.90. The van der Waals surface area contributed by atoms with E-state index in [1.165, 1.54) is 0 Å². The molecule has 0 bridgehead atoms. The molecule has 2 aromatic heterocycles. The summed E-state index contributed by atoms with van der Waals surface area (Å²) in [7, 11) is 0. The van der Waals surface area contributed by atoms with Gasteiger partial charge in [0.15, 0.2) is 0 Å². The van der Waals surface area contributed by atoms with Crippen LogP contribution in [0.4, 0.5) is 0 Å². The molecule has 1 fully saturated rings. The summed E-state index contributed by atoms with van der Waals surface area (Å²) in [4.78, 5) is 16.5. The van der Waals surface area contributed by atoms with Crippen LogP contribution in [-0.2, 0) is 16.1 Å². The van der Waals surface area contributed by atoms with E-state index < -0.39 is 0 Å². The molecule has 0 unspecified atom stereocenters. The molecule has 6 nitrogen and oxygen atoms in total. The minimum absolute atomic E-state index is 0.0126. The Morgan fingerprint density at radius 3 is 3.10 bits per heavy atom. The lowest BCUT2D eigenvalue weighted by molar-refractivity contribution is -0.132. The van der Waals surface area contributed by atoms with Crippen LogP contribution in [-0.4, -0.2) is 34.0 Å². The number of nitrogens with two attached hydrogens (primary N) is 1. The van der Waals surface area contributed by atoms with Gasteiger partial charge in [-0.15, -0.1) is 0 Å². The Hall–Kier alpha value is -1.92. The van der Waals surface area contributed by atoms with Crippen LogP contribution < -0.4 is 11.1 Å². The van der Waals surface area contributed by atoms with E-state index in [0.29, 0.717) is 13.1 Å². The van der Waals surface area contributed by atoms with Crippen LogP contribution in [0.1, 0.15) is 24.2 Å². The zero-order valence-electron chi connectivity index (χ0n) is 12.1. The summed E-state index contributed by atoms with van der Waals surface area (Å²) in [5.41, 5.74) is 8.39. The maximum absolute atomic E-state index is 12.1. The number of amides is 1. The molecule has 0 aliphatic carbocycles. The Balaban J connectivity index is 1.61. The number of rotatable bonds is 4. The topological polar surface area (TPSA) is 81.7 Å². The first kappa shape index (κ1) is 14.0. The van der Waals surface area contributed by atoms with Crippen LogP contribution >= 0.6 is 0 Å². The van der Waals surface area contributed by atoms with Gasteiger partial charge in [-0.05, 0) is 31.9 Å². The summed E-state index contributed by atoms with van der Waals surface area (Å²) in [5.74, 6) is -0.0836. The molecule has 1 amide bonds. The van der Waals surface area contributed by atoms with Gasteiger partial charge in [0.25, 0.3) is 0 Å². The van der Waals surface area contributed by atoms with E-state index in [0.717, 1.165) is 29.9 Å². The van der Waals surface area contributed by atoms with E-state index in [-0.39, 0.29) is 18.1 Å². The fourth-order valence-electron chi connectivity index (χ4n) is 2.65. The first-order valence-corrected chi connectivity index (χ1v) is 7.24. The number of aromatic nitrogens is 2. The first-order valence-electron chi connectivity index (χ1n) is 7.24. The Bertz CT molecular complexity index is 652. The molecule has 3 N–H and O–H groups in total. The Labute approximate surface area is 123 Å². The van der Waals surface area contributed by atoms with Gasteiger partial charge < -0.3 is 20.2 Å². The third-order valence-corrected chi connectivity index (χ3v) is 3.85. The number of aryl methyl sites for hydroxylation is 1. The third kappa shape index (κ3) is 2.91. The summed E-state index contributed by atoms with van der Waals surface area (Å²) < 4.78 is 7.59. The number of hydrogen-bond acceptors (Lipinski definition) is 4. The number of nitrogens with one attached hydrogen (secondary N) is 1. The molecule has 21 heavy (non-hydrogen) atoms. The average molecular weight is 288 g/mol.